The molecule has 0 saturated heterocycles. The summed E-state index contributed by atoms with van der Waals surface area (Å²) in [6, 6.07) is 28.5. The summed E-state index contributed by atoms with van der Waals surface area (Å²) in [6.07, 6.45) is 0. The molecule has 3 aromatic carbocycles. The van der Waals surface area contributed by atoms with Gasteiger partial charge in [0, 0.05) is 24.6 Å². The molecule has 1 heterocycles. The number of hydrogen-bond donors (Lipinski definition) is 0. The zero-order chi connectivity index (χ0) is 16.4. The Morgan fingerprint density at radius 3 is 2.17 bits per heavy atom. The third-order valence-electron chi connectivity index (χ3n) is 4.70. The smallest absolute Gasteiger partial charge is 0.254 e. The number of nitrogens with zero attached hydrogens (tertiary/aromatic N) is 1. The van der Waals surface area contributed by atoms with E-state index in [1.807, 2.05) is 41.3 Å². The standard InChI is InChI=1S/C22H19NO/c24-22(18-11-5-2-6-12-18)23-15-19-13-7-8-14-20(19)21(16-23)17-9-3-1-4-10-17/h1-14,21H,15-16H2. The van der Waals surface area contributed by atoms with Crippen LogP contribution in [0.5, 0.6) is 0 Å². The number of hydrogen-bond acceptors (Lipinski definition) is 1. The van der Waals surface area contributed by atoms with Gasteiger partial charge < -0.3 is 4.90 Å². The first kappa shape index (κ1) is 14.7. The van der Waals surface area contributed by atoms with Gasteiger partial charge in [-0.3, -0.25) is 4.79 Å². The average molecular weight is 313 g/mol. The molecule has 0 spiro atoms. The minimum absolute atomic E-state index is 0.103. The van der Waals surface area contributed by atoms with Crippen LogP contribution >= 0.6 is 0 Å². The molecule has 1 aliphatic heterocycles. The predicted molar refractivity (Wildman–Crippen MR) is 95.9 cm³/mol. The molecule has 0 aromatic heterocycles. The third kappa shape index (κ3) is 2.71. The summed E-state index contributed by atoms with van der Waals surface area (Å²) < 4.78 is 0. The van der Waals surface area contributed by atoms with Crippen molar-refractivity contribution in [3.05, 3.63) is 107 Å². The van der Waals surface area contributed by atoms with Crippen LogP contribution in [0.3, 0.4) is 0 Å². The van der Waals surface area contributed by atoms with Crippen LogP contribution in [0, 0.1) is 0 Å². The fraction of sp³-hybridized carbons (Fsp3) is 0.136. The lowest BCUT2D eigenvalue weighted by Gasteiger charge is -2.35. The highest BCUT2D eigenvalue weighted by Crippen LogP contribution is 2.33. The number of amides is 1. The molecule has 0 bridgehead atoms. The molecule has 1 unspecified atom stereocenters. The van der Waals surface area contributed by atoms with Crippen molar-refractivity contribution in [2.45, 2.75) is 12.5 Å². The maximum absolute atomic E-state index is 12.9. The lowest BCUT2D eigenvalue weighted by atomic mass is 9.84. The lowest BCUT2D eigenvalue weighted by molar-refractivity contribution is 0.0725. The summed E-state index contributed by atoms with van der Waals surface area (Å²) in [5, 5.41) is 0. The van der Waals surface area contributed by atoms with E-state index in [1.165, 1.54) is 16.7 Å². The minimum atomic E-state index is 0.103. The van der Waals surface area contributed by atoms with E-state index in [4.69, 9.17) is 0 Å². The van der Waals surface area contributed by atoms with E-state index in [9.17, 15) is 4.79 Å². The van der Waals surface area contributed by atoms with E-state index >= 15 is 0 Å². The van der Waals surface area contributed by atoms with E-state index in [0.29, 0.717) is 6.54 Å². The Morgan fingerprint density at radius 2 is 1.42 bits per heavy atom. The van der Waals surface area contributed by atoms with Gasteiger partial charge in [-0.1, -0.05) is 72.8 Å². The molecule has 24 heavy (non-hydrogen) atoms. The maximum atomic E-state index is 12.9. The van der Waals surface area contributed by atoms with Crippen molar-refractivity contribution in [2.24, 2.45) is 0 Å². The Kier molecular flexibility index (Phi) is 3.87. The highest BCUT2D eigenvalue weighted by Gasteiger charge is 2.29. The second-order valence-corrected chi connectivity index (χ2v) is 6.21. The third-order valence-corrected chi connectivity index (χ3v) is 4.70. The van der Waals surface area contributed by atoms with Crippen LogP contribution in [0.1, 0.15) is 33.0 Å². The molecule has 1 atom stereocenters. The first-order chi connectivity index (χ1) is 11.8. The van der Waals surface area contributed by atoms with E-state index in [1.54, 1.807) is 0 Å². The van der Waals surface area contributed by atoms with Crippen molar-refractivity contribution < 1.29 is 4.79 Å². The maximum Gasteiger partial charge on any atom is 0.254 e. The van der Waals surface area contributed by atoms with Gasteiger partial charge in [-0.2, -0.15) is 0 Å². The average Bonchev–Trinajstić information content (AvgIpc) is 2.68. The second kappa shape index (κ2) is 6.32. The van der Waals surface area contributed by atoms with Crippen LogP contribution in [0.4, 0.5) is 0 Å². The van der Waals surface area contributed by atoms with Crippen LogP contribution in [-0.4, -0.2) is 17.4 Å². The molecule has 4 rings (SSSR count). The van der Waals surface area contributed by atoms with Gasteiger partial charge in [0.15, 0.2) is 0 Å². The molecule has 3 aromatic rings. The van der Waals surface area contributed by atoms with Gasteiger partial charge in [0.05, 0.1) is 0 Å². The van der Waals surface area contributed by atoms with Crippen LogP contribution in [-0.2, 0) is 6.54 Å². The van der Waals surface area contributed by atoms with Crippen LogP contribution < -0.4 is 0 Å². The Bertz CT molecular complexity index is 842. The molecule has 2 heteroatoms. The molecule has 0 radical (unpaired) electrons. The summed E-state index contributed by atoms with van der Waals surface area (Å²) >= 11 is 0. The van der Waals surface area contributed by atoms with Crippen molar-refractivity contribution in [1.29, 1.82) is 0 Å². The monoisotopic (exact) mass is 313 g/mol. The van der Waals surface area contributed by atoms with Gasteiger partial charge >= 0.3 is 0 Å². The highest BCUT2D eigenvalue weighted by atomic mass is 16.2. The molecule has 118 valence electrons. The molecule has 1 aliphatic rings. The van der Waals surface area contributed by atoms with Crippen molar-refractivity contribution in [1.82, 2.24) is 4.90 Å². The van der Waals surface area contributed by atoms with Gasteiger partial charge in [-0.15, -0.1) is 0 Å². The van der Waals surface area contributed by atoms with E-state index in [2.05, 4.69) is 48.5 Å². The van der Waals surface area contributed by atoms with Crippen molar-refractivity contribution in [3.63, 3.8) is 0 Å². The van der Waals surface area contributed by atoms with E-state index in [0.717, 1.165) is 12.1 Å². The highest BCUT2D eigenvalue weighted by molar-refractivity contribution is 5.94. The van der Waals surface area contributed by atoms with Gasteiger partial charge in [0.2, 0.25) is 0 Å². The fourth-order valence-electron chi connectivity index (χ4n) is 3.50. The zero-order valence-electron chi connectivity index (χ0n) is 13.4. The molecule has 1 amide bonds. The van der Waals surface area contributed by atoms with Crippen LogP contribution in [0.15, 0.2) is 84.9 Å². The van der Waals surface area contributed by atoms with E-state index in [-0.39, 0.29) is 11.8 Å². The lowest BCUT2D eigenvalue weighted by Crippen LogP contribution is -2.38. The molecular weight excluding hydrogens is 294 g/mol. The Balaban J connectivity index is 1.72. The molecule has 0 saturated carbocycles. The Labute approximate surface area is 142 Å². The second-order valence-electron chi connectivity index (χ2n) is 6.21. The number of carbonyl (C=O) groups is 1. The number of benzene rings is 3. The first-order valence-corrected chi connectivity index (χ1v) is 8.30. The molecule has 2 nitrogen and oxygen atoms in total. The van der Waals surface area contributed by atoms with Crippen molar-refractivity contribution in [2.75, 3.05) is 6.54 Å². The summed E-state index contributed by atoms with van der Waals surface area (Å²) in [5.41, 5.74) is 4.59. The molecule has 0 N–H and O–H groups in total. The van der Waals surface area contributed by atoms with Crippen LogP contribution in [0.25, 0.3) is 0 Å². The summed E-state index contributed by atoms with van der Waals surface area (Å²) in [6.45, 7) is 1.39. The predicted octanol–water partition coefficient (Wildman–Crippen LogP) is 4.47. The molecule has 0 fully saturated rings. The van der Waals surface area contributed by atoms with Gasteiger partial charge in [-0.25, -0.2) is 0 Å². The number of fused-ring (bicyclic) bond motifs is 1. The largest absolute Gasteiger partial charge is 0.333 e. The Hall–Kier alpha value is -2.87. The Morgan fingerprint density at radius 1 is 0.792 bits per heavy atom. The summed E-state index contributed by atoms with van der Waals surface area (Å²) in [4.78, 5) is 14.9. The summed E-state index contributed by atoms with van der Waals surface area (Å²) in [5.74, 6) is 0.329. The first-order valence-electron chi connectivity index (χ1n) is 8.30. The molecular formula is C22H19NO. The zero-order valence-corrected chi connectivity index (χ0v) is 13.4. The van der Waals surface area contributed by atoms with Crippen LogP contribution in [0.2, 0.25) is 0 Å². The van der Waals surface area contributed by atoms with Gasteiger partial charge in [-0.05, 0) is 28.8 Å². The quantitative estimate of drug-likeness (QED) is 0.683. The SMILES string of the molecule is O=C(c1ccccc1)N1Cc2ccccc2C(c2ccccc2)C1. The molecule has 0 aliphatic carbocycles. The number of carbonyl (C=O) groups excluding carboxylic acids is 1. The van der Waals surface area contributed by atoms with Crippen molar-refractivity contribution >= 4 is 5.91 Å². The van der Waals surface area contributed by atoms with Gasteiger partial charge in [0.25, 0.3) is 5.91 Å². The minimum Gasteiger partial charge on any atom is -0.333 e. The van der Waals surface area contributed by atoms with E-state index < -0.39 is 0 Å². The fourth-order valence-corrected chi connectivity index (χ4v) is 3.50. The summed E-state index contributed by atoms with van der Waals surface area (Å²) in [7, 11) is 0. The van der Waals surface area contributed by atoms with Gasteiger partial charge in [0.1, 0.15) is 0 Å². The topological polar surface area (TPSA) is 20.3 Å². The van der Waals surface area contributed by atoms with Crippen molar-refractivity contribution in [3.8, 4) is 0 Å². The number of rotatable bonds is 2. The normalized spacial score (nSPS) is 16.5.